The molecule has 1 aromatic heterocycles. The first-order chi connectivity index (χ1) is 9.51. The average molecular weight is 396 g/mol. The van der Waals surface area contributed by atoms with E-state index in [1.165, 1.54) is 0 Å². The highest BCUT2D eigenvalue weighted by Crippen LogP contribution is 2.31. The minimum Gasteiger partial charge on any atom is -0.440 e. The molecule has 20 heavy (non-hydrogen) atoms. The van der Waals surface area contributed by atoms with Gasteiger partial charge < -0.3 is 9.32 Å². The first kappa shape index (κ1) is 14.9. The number of hydrogen-bond donors (Lipinski definition) is 0. The third-order valence-corrected chi connectivity index (χ3v) is 3.75. The van der Waals surface area contributed by atoms with E-state index in [4.69, 9.17) is 4.42 Å². The molecule has 0 unspecified atom stereocenters. The van der Waals surface area contributed by atoms with Crippen molar-refractivity contribution < 1.29 is 4.42 Å². The highest BCUT2D eigenvalue weighted by Gasteiger charge is 2.10. The molecule has 0 aliphatic rings. The van der Waals surface area contributed by atoms with Crippen molar-refractivity contribution in [1.29, 1.82) is 5.26 Å². The minimum atomic E-state index is 0.559. The number of allylic oxidation sites excluding steroid dienone is 1. The third kappa shape index (κ3) is 3.33. The van der Waals surface area contributed by atoms with Gasteiger partial charge in [-0.2, -0.15) is 5.26 Å². The van der Waals surface area contributed by atoms with Crippen LogP contribution in [0.5, 0.6) is 0 Å². The van der Waals surface area contributed by atoms with Gasteiger partial charge in [-0.25, -0.2) is 0 Å². The van der Waals surface area contributed by atoms with Gasteiger partial charge in [-0.05, 0) is 39.7 Å². The molecule has 0 N–H and O–H groups in total. The number of anilines is 1. The molecule has 0 amide bonds. The third-order valence-electron chi connectivity index (χ3n) is 2.66. The van der Waals surface area contributed by atoms with Gasteiger partial charge in [-0.15, -0.1) is 0 Å². The summed E-state index contributed by atoms with van der Waals surface area (Å²) in [7, 11) is 3.80. The maximum absolute atomic E-state index is 9.30. The van der Waals surface area contributed by atoms with Gasteiger partial charge in [0.1, 0.15) is 5.76 Å². The van der Waals surface area contributed by atoms with Crippen molar-refractivity contribution >= 4 is 49.4 Å². The molecule has 0 saturated carbocycles. The monoisotopic (exact) mass is 394 g/mol. The van der Waals surface area contributed by atoms with Crippen molar-refractivity contribution in [3.8, 4) is 6.07 Å². The van der Waals surface area contributed by atoms with Crippen LogP contribution >= 0.6 is 31.9 Å². The smallest absolute Gasteiger partial charge is 0.209 e. The molecule has 0 aliphatic carbocycles. The SMILES string of the molecule is CN(C)c1oc(C=C(C#N)c2ccc(Br)cc2)cc1Br. The van der Waals surface area contributed by atoms with E-state index in [9.17, 15) is 5.26 Å². The average Bonchev–Trinajstić information content (AvgIpc) is 2.78. The number of rotatable bonds is 3. The Balaban J connectivity index is 2.39. The highest BCUT2D eigenvalue weighted by atomic mass is 79.9. The molecule has 0 radical (unpaired) electrons. The van der Waals surface area contributed by atoms with Crippen molar-refractivity contribution in [2.24, 2.45) is 0 Å². The minimum absolute atomic E-state index is 0.559. The van der Waals surface area contributed by atoms with Crippen LogP contribution < -0.4 is 4.90 Å². The molecule has 0 atom stereocenters. The summed E-state index contributed by atoms with van der Waals surface area (Å²) in [4.78, 5) is 1.87. The van der Waals surface area contributed by atoms with Gasteiger partial charge in [0.15, 0.2) is 0 Å². The first-order valence-electron chi connectivity index (χ1n) is 5.85. The van der Waals surface area contributed by atoms with Gasteiger partial charge in [-0.3, -0.25) is 0 Å². The number of hydrogen-bond acceptors (Lipinski definition) is 3. The Labute approximate surface area is 134 Å². The second-order valence-corrected chi connectivity index (χ2v) is 6.14. The number of furan rings is 1. The van der Waals surface area contributed by atoms with Crippen LogP contribution in [-0.4, -0.2) is 14.1 Å². The zero-order chi connectivity index (χ0) is 14.7. The van der Waals surface area contributed by atoms with Gasteiger partial charge in [0.2, 0.25) is 5.88 Å². The van der Waals surface area contributed by atoms with Crippen LogP contribution in [0.3, 0.4) is 0 Å². The summed E-state index contributed by atoms with van der Waals surface area (Å²) >= 11 is 6.82. The van der Waals surface area contributed by atoms with Crippen LogP contribution in [0, 0.1) is 11.3 Å². The van der Waals surface area contributed by atoms with Gasteiger partial charge in [-0.1, -0.05) is 28.1 Å². The Morgan fingerprint density at radius 3 is 2.40 bits per heavy atom. The van der Waals surface area contributed by atoms with Gasteiger partial charge >= 0.3 is 0 Å². The molecule has 1 aromatic carbocycles. The summed E-state index contributed by atoms with van der Waals surface area (Å²) in [6.07, 6.45) is 1.74. The van der Waals surface area contributed by atoms with Crippen LogP contribution in [0.2, 0.25) is 0 Å². The lowest BCUT2D eigenvalue weighted by Gasteiger charge is -2.07. The van der Waals surface area contributed by atoms with E-state index in [2.05, 4.69) is 37.9 Å². The molecule has 2 aromatic rings. The van der Waals surface area contributed by atoms with E-state index < -0.39 is 0 Å². The largest absolute Gasteiger partial charge is 0.440 e. The van der Waals surface area contributed by atoms with Crippen LogP contribution in [0.4, 0.5) is 5.88 Å². The molecule has 0 fully saturated rings. The fourth-order valence-electron chi connectivity index (χ4n) is 1.70. The van der Waals surface area contributed by atoms with E-state index >= 15 is 0 Å². The highest BCUT2D eigenvalue weighted by molar-refractivity contribution is 9.10. The Hall–Kier alpha value is -1.51. The second-order valence-electron chi connectivity index (χ2n) is 4.37. The fourth-order valence-corrected chi connectivity index (χ4v) is 2.63. The quantitative estimate of drug-likeness (QED) is 0.691. The maximum atomic E-state index is 9.30. The lowest BCUT2D eigenvalue weighted by atomic mass is 10.1. The molecular weight excluding hydrogens is 384 g/mol. The topological polar surface area (TPSA) is 40.2 Å². The van der Waals surface area contributed by atoms with Crippen LogP contribution in [0.15, 0.2) is 43.7 Å². The summed E-state index contributed by atoms with van der Waals surface area (Å²) < 4.78 is 7.54. The Kier molecular flexibility index (Phi) is 4.69. The predicted octanol–water partition coefficient (Wildman–Crippen LogP) is 4.93. The van der Waals surface area contributed by atoms with Gasteiger partial charge in [0.25, 0.3) is 0 Å². The van der Waals surface area contributed by atoms with E-state index in [0.29, 0.717) is 11.3 Å². The van der Waals surface area contributed by atoms with E-state index in [1.54, 1.807) is 6.08 Å². The Morgan fingerprint density at radius 1 is 1.25 bits per heavy atom. The molecule has 0 spiro atoms. The Bertz CT molecular complexity index is 679. The summed E-state index contributed by atoms with van der Waals surface area (Å²) in [6, 6.07) is 11.7. The lowest BCUT2D eigenvalue weighted by molar-refractivity contribution is 0.554. The molecule has 0 saturated heterocycles. The number of halogens is 2. The summed E-state index contributed by atoms with van der Waals surface area (Å²) in [5.41, 5.74) is 1.42. The predicted molar refractivity (Wildman–Crippen MR) is 88.4 cm³/mol. The molecule has 3 nitrogen and oxygen atoms in total. The fraction of sp³-hybridized carbons (Fsp3) is 0.133. The zero-order valence-electron chi connectivity index (χ0n) is 11.0. The zero-order valence-corrected chi connectivity index (χ0v) is 14.2. The molecule has 5 heteroatoms. The molecular formula is C15H12Br2N2O. The molecule has 102 valence electrons. The lowest BCUT2D eigenvalue weighted by Crippen LogP contribution is -2.07. The molecule has 1 heterocycles. The number of benzene rings is 1. The second kappa shape index (κ2) is 6.29. The van der Waals surface area contributed by atoms with Crippen molar-refractivity contribution in [2.45, 2.75) is 0 Å². The normalized spacial score (nSPS) is 11.2. The summed E-state index contributed by atoms with van der Waals surface area (Å²) in [5, 5.41) is 9.30. The molecule has 0 aliphatic heterocycles. The summed E-state index contributed by atoms with van der Waals surface area (Å²) in [5.74, 6) is 1.37. The molecule has 2 rings (SSSR count). The van der Waals surface area contributed by atoms with Gasteiger partial charge in [0, 0.05) is 24.6 Å². The first-order valence-corrected chi connectivity index (χ1v) is 7.44. The van der Waals surface area contributed by atoms with Crippen LogP contribution in [0.25, 0.3) is 11.6 Å². The number of nitrogens with zero attached hydrogens (tertiary/aromatic N) is 2. The summed E-state index contributed by atoms with van der Waals surface area (Å²) in [6.45, 7) is 0. The van der Waals surface area contributed by atoms with Crippen molar-refractivity contribution in [1.82, 2.24) is 0 Å². The molecule has 0 bridgehead atoms. The van der Waals surface area contributed by atoms with E-state index in [-0.39, 0.29) is 0 Å². The van der Waals surface area contributed by atoms with E-state index in [1.807, 2.05) is 49.3 Å². The standard InChI is InChI=1S/C15H12Br2N2O/c1-19(2)15-14(17)8-13(20-15)7-11(9-18)10-3-5-12(16)6-4-10/h3-8H,1-2H3. The maximum Gasteiger partial charge on any atom is 0.209 e. The van der Waals surface area contributed by atoms with Crippen molar-refractivity contribution in [3.05, 3.63) is 50.6 Å². The Morgan fingerprint density at radius 2 is 1.90 bits per heavy atom. The van der Waals surface area contributed by atoms with Gasteiger partial charge in [0.05, 0.1) is 16.1 Å². The van der Waals surface area contributed by atoms with Crippen LogP contribution in [0.1, 0.15) is 11.3 Å². The number of nitriles is 1. The van der Waals surface area contributed by atoms with Crippen LogP contribution in [-0.2, 0) is 0 Å². The van der Waals surface area contributed by atoms with Crippen molar-refractivity contribution in [2.75, 3.05) is 19.0 Å². The van der Waals surface area contributed by atoms with E-state index in [0.717, 1.165) is 20.4 Å². The van der Waals surface area contributed by atoms with Crippen molar-refractivity contribution in [3.63, 3.8) is 0 Å².